The third-order valence-corrected chi connectivity index (χ3v) is 2.95. The molecule has 0 unspecified atom stereocenters. The van der Waals surface area contributed by atoms with Gasteiger partial charge in [0.15, 0.2) is 0 Å². The van der Waals surface area contributed by atoms with Crippen LogP contribution in [0.2, 0.25) is 0 Å². The van der Waals surface area contributed by atoms with Crippen LogP contribution in [-0.2, 0) is 0 Å². The first kappa shape index (κ1) is 10.9. The van der Waals surface area contributed by atoms with Crippen LogP contribution in [0.1, 0.15) is 24.8 Å². The minimum Gasteiger partial charge on any atom is -0.391 e. The van der Waals surface area contributed by atoms with Crippen LogP contribution in [0.4, 0.5) is 10.1 Å². The zero-order valence-corrected chi connectivity index (χ0v) is 8.78. The molecule has 0 spiro atoms. The quantitative estimate of drug-likeness (QED) is 0.801. The summed E-state index contributed by atoms with van der Waals surface area (Å²) in [7, 11) is 0. The second-order valence-corrected chi connectivity index (χ2v) is 4.02. The van der Waals surface area contributed by atoms with Gasteiger partial charge < -0.3 is 10.4 Å². The van der Waals surface area contributed by atoms with E-state index in [9.17, 15) is 9.50 Å². The Morgan fingerprint density at radius 2 is 2.25 bits per heavy atom. The second-order valence-electron chi connectivity index (χ2n) is 4.02. The van der Waals surface area contributed by atoms with Crippen LogP contribution < -0.4 is 5.32 Å². The molecule has 16 heavy (non-hydrogen) atoms. The Bertz CT molecular complexity index is 428. The molecule has 1 aromatic carbocycles. The predicted octanol–water partition coefficient (Wildman–Crippen LogP) is 2.02. The number of halogens is 1. The SMILES string of the molecule is N#Cc1c(F)cccc1N[C@@H]1CCC[C@H]1O. The van der Waals surface area contributed by atoms with Crippen molar-refractivity contribution in [1.82, 2.24) is 0 Å². The van der Waals surface area contributed by atoms with E-state index < -0.39 is 11.9 Å². The van der Waals surface area contributed by atoms with E-state index in [0.717, 1.165) is 19.3 Å². The molecule has 1 aromatic rings. The van der Waals surface area contributed by atoms with Gasteiger partial charge in [-0.3, -0.25) is 0 Å². The van der Waals surface area contributed by atoms with Gasteiger partial charge >= 0.3 is 0 Å². The molecule has 0 saturated heterocycles. The lowest BCUT2D eigenvalue weighted by atomic mass is 10.1. The summed E-state index contributed by atoms with van der Waals surface area (Å²) in [4.78, 5) is 0. The molecule has 1 aliphatic carbocycles. The highest BCUT2D eigenvalue weighted by molar-refractivity contribution is 5.58. The van der Waals surface area contributed by atoms with Crippen molar-refractivity contribution in [2.24, 2.45) is 0 Å². The minimum atomic E-state index is -0.528. The first-order valence-corrected chi connectivity index (χ1v) is 5.35. The van der Waals surface area contributed by atoms with Crippen LogP contribution >= 0.6 is 0 Å². The fraction of sp³-hybridized carbons (Fsp3) is 0.417. The van der Waals surface area contributed by atoms with E-state index in [1.54, 1.807) is 12.1 Å². The molecule has 2 N–H and O–H groups in total. The highest BCUT2D eigenvalue weighted by atomic mass is 19.1. The molecular formula is C12H13FN2O. The van der Waals surface area contributed by atoms with Crippen molar-refractivity contribution in [3.63, 3.8) is 0 Å². The monoisotopic (exact) mass is 220 g/mol. The Morgan fingerprint density at radius 3 is 2.88 bits per heavy atom. The van der Waals surface area contributed by atoms with Gasteiger partial charge in [0.25, 0.3) is 0 Å². The van der Waals surface area contributed by atoms with Crippen molar-refractivity contribution in [3.8, 4) is 6.07 Å². The maximum atomic E-state index is 13.3. The topological polar surface area (TPSA) is 56.0 Å². The van der Waals surface area contributed by atoms with E-state index in [2.05, 4.69) is 5.32 Å². The molecule has 2 atom stereocenters. The molecule has 2 rings (SSSR count). The van der Waals surface area contributed by atoms with E-state index in [0.29, 0.717) is 5.69 Å². The summed E-state index contributed by atoms with van der Waals surface area (Å²) in [6.07, 6.45) is 2.16. The molecule has 84 valence electrons. The molecule has 1 fully saturated rings. The Morgan fingerprint density at radius 1 is 1.44 bits per heavy atom. The smallest absolute Gasteiger partial charge is 0.143 e. The Labute approximate surface area is 93.5 Å². The number of nitriles is 1. The van der Waals surface area contributed by atoms with Crippen molar-refractivity contribution >= 4 is 5.69 Å². The van der Waals surface area contributed by atoms with Crippen molar-refractivity contribution in [2.75, 3.05) is 5.32 Å². The van der Waals surface area contributed by atoms with Gasteiger partial charge in [-0.05, 0) is 31.4 Å². The number of anilines is 1. The number of hydrogen-bond acceptors (Lipinski definition) is 3. The highest BCUT2D eigenvalue weighted by Gasteiger charge is 2.25. The lowest BCUT2D eigenvalue weighted by Gasteiger charge is -2.18. The Kier molecular flexibility index (Phi) is 3.07. The Hall–Kier alpha value is -1.60. The van der Waals surface area contributed by atoms with Crippen molar-refractivity contribution in [1.29, 1.82) is 5.26 Å². The van der Waals surface area contributed by atoms with E-state index in [1.165, 1.54) is 6.07 Å². The van der Waals surface area contributed by atoms with E-state index in [1.807, 2.05) is 6.07 Å². The molecule has 0 radical (unpaired) electrons. The van der Waals surface area contributed by atoms with Crippen molar-refractivity contribution in [2.45, 2.75) is 31.4 Å². The number of nitrogens with one attached hydrogen (secondary N) is 1. The molecule has 1 saturated carbocycles. The number of benzene rings is 1. The van der Waals surface area contributed by atoms with E-state index in [4.69, 9.17) is 5.26 Å². The lowest BCUT2D eigenvalue weighted by molar-refractivity contribution is 0.172. The van der Waals surface area contributed by atoms with Gasteiger partial charge in [-0.2, -0.15) is 5.26 Å². The largest absolute Gasteiger partial charge is 0.391 e. The molecule has 1 aliphatic rings. The maximum Gasteiger partial charge on any atom is 0.143 e. The van der Waals surface area contributed by atoms with Gasteiger partial charge in [0.05, 0.1) is 17.8 Å². The maximum absolute atomic E-state index is 13.3. The summed E-state index contributed by atoms with van der Waals surface area (Å²) in [5, 5.41) is 21.5. The highest BCUT2D eigenvalue weighted by Crippen LogP contribution is 2.25. The lowest BCUT2D eigenvalue weighted by Crippen LogP contribution is -2.28. The fourth-order valence-corrected chi connectivity index (χ4v) is 2.07. The number of aliphatic hydroxyl groups excluding tert-OH is 1. The molecular weight excluding hydrogens is 207 g/mol. The normalized spacial score (nSPS) is 24.1. The number of hydrogen-bond donors (Lipinski definition) is 2. The standard InChI is InChI=1S/C12H13FN2O/c13-9-3-1-4-10(8(9)7-14)15-11-5-2-6-12(11)16/h1,3-4,11-12,15-16H,2,5-6H2/t11-,12-/m1/s1. The fourth-order valence-electron chi connectivity index (χ4n) is 2.07. The molecule has 0 aromatic heterocycles. The van der Waals surface area contributed by atoms with Crippen molar-refractivity contribution < 1.29 is 9.50 Å². The first-order valence-electron chi connectivity index (χ1n) is 5.35. The average molecular weight is 220 g/mol. The number of nitrogens with zero attached hydrogens (tertiary/aromatic N) is 1. The summed E-state index contributed by atoms with van der Waals surface area (Å²) in [5.74, 6) is -0.528. The van der Waals surface area contributed by atoms with Crippen LogP contribution in [0.15, 0.2) is 18.2 Å². The summed E-state index contributed by atoms with van der Waals surface area (Å²) >= 11 is 0. The second kappa shape index (κ2) is 4.50. The predicted molar refractivity (Wildman–Crippen MR) is 58.4 cm³/mol. The zero-order chi connectivity index (χ0) is 11.5. The minimum absolute atomic E-state index is 0.0154. The van der Waals surface area contributed by atoms with Gasteiger partial charge in [-0.1, -0.05) is 6.07 Å². The molecule has 3 nitrogen and oxygen atoms in total. The Balaban J connectivity index is 2.21. The van der Waals surface area contributed by atoms with Crippen LogP contribution in [-0.4, -0.2) is 17.3 Å². The molecule has 0 bridgehead atoms. The summed E-state index contributed by atoms with van der Waals surface area (Å²) in [5.41, 5.74) is 0.482. The van der Waals surface area contributed by atoms with Gasteiger partial charge in [-0.25, -0.2) is 4.39 Å². The number of rotatable bonds is 2. The molecule has 4 heteroatoms. The van der Waals surface area contributed by atoms with Gasteiger partial charge in [0, 0.05) is 0 Å². The van der Waals surface area contributed by atoms with Crippen LogP contribution in [0.25, 0.3) is 0 Å². The van der Waals surface area contributed by atoms with E-state index in [-0.39, 0.29) is 11.6 Å². The van der Waals surface area contributed by atoms with Crippen LogP contribution in [0, 0.1) is 17.1 Å². The molecule has 0 aliphatic heterocycles. The van der Waals surface area contributed by atoms with Crippen LogP contribution in [0.5, 0.6) is 0 Å². The molecule has 0 amide bonds. The van der Waals surface area contributed by atoms with Crippen molar-refractivity contribution in [3.05, 3.63) is 29.6 Å². The van der Waals surface area contributed by atoms with E-state index >= 15 is 0 Å². The third-order valence-electron chi connectivity index (χ3n) is 2.95. The molecule has 0 heterocycles. The van der Waals surface area contributed by atoms with Gasteiger partial charge in [0.1, 0.15) is 17.4 Å². The third kappa shape index (κ3) is 2.00. The summed E-state index contributed by atoms with van der Waals surface area (Å²) < 4.78 is 13.3. The summed E-state index contributed by atoms with van der Waals surface area (Å²) in [6, 6.07) is 6.23. The zero-order valence-electron chi connectivity index (χ0n) is 8.78. The van der Waals surface area contributed by atoms with Gasteiger partial charge in [-0.15, -0.1) is 0 Å². The van der Waals surface area contributed by atoms with Crippen LogP contribution in [0.3, 0.4) is 0 Å². The van der Waals surface area contributed by atoms with Gasteiger partial charge in [0.2, 0.25) is 0 Å². The first-order chi connectivity index (χ1) is 7.72. The number of aliphatic hydroxyl groups is 1. The average Bonchev–Trinajstić information content (AvgIpc) is 2.65. The summed E-state index contributed by atoms with van der Waals surface area (Å²) in [6.45, 7) is 0.